The zero-order valence-corrected chi connectivity index (χ0v) is 9.30. The van der Waals surface area contributed by atoms with Gasteiger partial charge in [-0.05, 0) is 30.9 Å². The molecule has 1 unspecified atom stereocenters. The average molecular weight is 241 g/mol. The van der Waals surface area contributed by atoms with E-state index in [0.717, 1.165) is 24.5 Å². The lowest BCUT2D eigenvalue weighted by molar-refractivity contribution is -0.137. The molecule has 0 heterocycles. The Labute approximate surface area is 98.1 Å². The number of hydrogen-bond donors (Lipinski definition) is 1. The first kappa shape index (κ1) is 12.2. The number of alkyl halides is 3. The Kier molecular flexibility index (Phi) is 3.24. The van der Waals surface area contributed by atoms with Gasteiger partial charge in [0.15, 0.2) is 0 Å². The Morgan fingerprint density at radius 1 is 1.29 bits per heavy atom. The third-order valence-electron chi connectivity index (χ3n) is 2.93. The molecule has 0 aliphatic heterocycles. The Hall–Kier alpha value is -1.29. The van der Waals surface area contributed by atoms with Crippen LogP contribution in [0.25, 0.3) is 0 Å². The van der Waals surface area contributed by atoms with Gasteiger partial charge in [-0.25, -0.2) is 0 Å². The van der Waals surface area contributed by atoms with E-state index < -0.39 is 11.7 Å². The van der Waals surface area contributed by atoms with Crippen LogP contribution in [-0.4, -0.2) is 6.04 Å². The van der Waals surface area contributed by atoms with Crippen molar-refractivity contribution in [1.82, 2.24) is 0 Å². The van der Waals surface area contributed by atoms with Crippen LogP contribution in [-0.2, 0) is 12.6 Å². The number of benzene rings is 1. The molecule has 1 nitrogen and oxygen atoms in total. The van der Waals surface area contributed by atoms with Crippen LogP contribution < -0.4 is 5.73 Å². The summed E-state index contributed by atoms with van der Waals surface area (Å²) in [6, 6.07) is 5.55. The van der Waals surface area contributed by atoms with Crippen LogP contribution in [0.1, 0.15) is 24.0 Å². The Morgan fingerprint density at radius 3 is 2.65 bits per heavy atom. The minimum atomic E-state index is -4.27. The molecule has 0 aromatic heterocycles. The summed E-state index contributed by atoms with van der Waals surface area (Å²) in [6.45, 7) is 0. The summed E-state index contributed by atoms with van der Waals surface area (Å²) in [5.74, 6) is 0. The largest absolute Gasteiger partial charge is 0.416 e. The number of allylic oxidation sites excluding steroid dienone is 1. The number of rotatable bonds is 2. The van der Waals surface area contributed by atoms with Gasteiger partial charge in [0, 0.05) is 6.04 Å². The molecule has 17 heavy (non-hydrogen) atoms. The van der Waals surface area contributed by atoms with Crippen molar-refractivity contribution in [2.45, 2.75) is 31.5 Å². The molecular formula is C13H14F3N. The van der Waals surface area contributed by atoms with E-state index in [1.807, 2.05) is 6.08 Å². The van der Waals surface area contributed by atoms with Crippen molar-refractivity contribution in [3.8, 4) is 0 Å². The second kappa shape index (κ2) is 4.53. The van der Waals surface area contributed by atoms with Gasteiger partial charge in [0.25, 0.3) is 0 Å². The van der Waals surface area contributed by atoms with Gasteiger partial charge in [0.1, 0.15) is 0 Å². The SMILES string of the molecule is NC1C=C(Cc2cccc(C(F)(F)F)c2)CC1. The maximum absolute atomic E-state index is 12.5. The van der Waals surface area contributed by atoms with Crippen LogP contribution in [0, 0.1) is 0 Å². The van der Waals surface area contributed by atoms with E-state index in [4.69, 9.17) is 5.73 Å². The molecule has 0 amide bonds. The summed E-state index contributed by atoms with van der Waals surface area (Å²) < 4.78 is 37.5. The van der Waals surface area contributed by atoms with Crippen molar-refractivity contribution in [3.63, 3.8) is 0 Å². The van der Waals surface area contributed by atoms with Gasteiger partial charge in [0.2, 0.25) is 0 Å². The van der Waals surface area contributed by atoms with Gasteiger partial charge < -0.3 is 5.73 Å². The first-order valence-corrected chi connectivity index (χ1v) is 5.56. The highest BCUT2D eigenvalue weighted by Gasteiger charge is 2.30. The van der Waals surface area contributed by atoms with E-state index in [-0.39, 0.29) is 6.04 Å². The minimum absolute atomic E-state index is 0.0656. The van der Waals surface area contributed by atoms with Gasteiger partial charge in [-0.1, -0.05) is 29.8 Å². The lowest BCUT2D eigenvalue weighted by Crippen LogP contribution is -2.11. The average Bonchev–Trinajstić information content (AvgIpc) is 2.63. The minimum Gasteiger partial charge on any atom is -0.324 e. The van der Waals surface area contributed by atoms with E-state index in [1.54, 1.807) is 6.07 Å². The van der Waals surface area contributed by atoms with Crippen LogP contribution >= 0.6 is 0 Å². The van der Waals surface area contributed by atoms with Crippen molar-refractivity contribution >= 4 is 0 Å². The van der Waals surface area contributed by atoms with Crippen molar-refractivity contribution in [2.24, 2.45) is 5.73 Å². The van der Waals surface area contributed by atoms with Gasteiger partial charge in [-0.15, -0.1) is 0 Å². The topological polar surface area (TPSA) is 26.0 Å². The Balaban J connectivity index is 2.15. The molecule has 4 heteroatoms. The van der Waals surface area contributed by atoms with Crippen LogP contribution in [0.2, 0.25) is 0 Å². The maximum atomic E-state index is 12.5. The molecule has 2 N–H and O–H groups in total. The van der Waals surface area contributed by atoms with E-state index in [2.05, 4.69) is 0 Å². The normalized spacial score (nSPS) is 20.5. The fourth-order valence-corrected chi connectivity index (χ4v) is 2.09. The highest BCUT2D eigenvalue weighted by Crippen LogP contribution is 2.30. The van der Waals surface area contributed by atoms with Gasteiger partial charge in [0.05, 0.1) is 5.56 Å². The fourth-order valence-electron chi connectivity index (χ4n) is 2.09. The number of halogens is 3. The van der Waals surface area contributed by atoms with Gasteiger partial charge >= 0.3 is 6.18 Å². The highest BCUT2D eigenvalue weighted by molar-refractivity contribution is 5.30. The molecule has 2 rings (SSSR count). The molecule has 1 atom stereocenters. The summed E-state index contributed by atoms with van der Waals surface area (Å²) in [7, 11) is 0. The lowest BCUT2D eigenvalue weighted by Gasteiger charge is -2.09. The van der Waals surface area contributed by atoms with Crippen molar-refractivity contribution in [3.05, 3.63) is 47.0 Å². The zero-order valence-electron chi connectivity index (χ0n) is 9.30. The molecular weight excluding hydrogens is 227 g/mol. The molecule has 1 aromatic rings. The molecule has 0 fully saturated rings. The Morgan fingerprint density at radius 2 is 2.06 bits per heavy atom. The van der Waals surface area contributed by atoms with E-state index in [9.17, 15) is 13.2 Å². The lowest BCUT2D eigenvalue weighted by atomic mass is 10.0. The molecule has 1 aliphatic rings. The molecule has 0 saturated heterocycles. The van der Waals surface area contributed by atoms with Crippen LogP contribution in [0.3, 0.4) is 0 Å². The third kappa shape index (κ3) is 3.09. The molecule has 1 aromatic carbocycles. The first-order chi connectivity index (χ1) is 7.95. The smallest absolute Gasteiger partial charge is 0.324 e. The predicted octanol–water partition coefficient (Wildman–Crippen LogP) is 3.30. The summed E-state index contributed by atoms with van der Waals surface area (Å²) >= 11 is 0. The second-order valence-electron chi connectivity index (χ2n) is 4.40. The third-order valence-corrected chi connectivity index (χ3v) is 2.93. The molecule has 92 valence electrons. The highest BCUT2D eigenvalue weighted by atomic mass is 19.4. The van der Waals surface area contributed by atoms with Crippen LogP contribution in [0.5, 0.6) is 0 Å². The zero-order chi connectivity index (χ0) is 12.5. The van der Waals surface area contributed by atoms with E-state index in [0.29, 0.717) is 12.0 Å². The molecule has 1 aliphatic carbocycles. The predicted molar refractivity (Wildman–Crippen MR) is 60.4 cm³/mol. The van der Waals surface area contributed by atoms with Crippen molar-refractivity contribution in [2.75, 3.05) is 0 Å². The summed E-state index contributed by atoms with van der Waals surface area (Å²) in [5.41, 5.74) is 6.97. The molecule has 0 radical (unpaired) electrons. The quantitative estimate of drug-likeness (QED) is 0.790. The standard InChI is InChI=1S/C13H14F3N/c14-13(15,16)11-3-1-2-9(7-11)6-10-4-5-12(17)8-10/h1-3,7-8,12H,4-6,17H2. The maximum Gasteiger partial charge on any atom is 0.416 e. The Bertz CT molecular complexity index is 435. The monoisotopic (exact) mass is 241 g/mol. The van der Waals surface area contributed by atoms with Gasteiger partial charge in [-0.3, -0.25) is 0 Å². The van der Waals surface area contributed by atoms with Gasteiger partial charge in [-0.2, -0.15) is 13.2 Å². The van der Waals surface area contributed by atoms with Crippen molar-refractivity contribution < 1.29 is 13.2 Å². The van der Waals surface area contributed by atoms with E-state index >= 15 is 0 Å². The summed E-state index contributed by atoms with van der Waals surface area (Å²) in [5, 5.41) is 0. The van der Waals surface area contributed by atoms with Crippen LogP contribution in [0.15, 0.2) is 35.9 Å². The molecule has 0 saturated carbocycles. The van der Waals surface area contributed by atoms with Crippen molar-refractivity contribution in [1.29, 1.82) is 0 Å². The second-order valence-corrected chi connectivity index (χ2v) is 4.40. The first-order valence-electron chi connectivity index (χ1n) is 5.56. The van der Waals surface area contributed by atoms with E-state index in [1.165, 1.54) is 12.1 Å². The molecule has 0 spiro atoms. The number of nitrogens with two attached hydrogens (primary N) is 1. The summed E-state index contributed by atoms with van der Waals surface area (Å²) in [6.07, 6.45) is 0.0417. The van der Waals surface area contributed by atoms with Crippen LogP contribution in [0.4, 0.5) is 13.2 Å². The molecule has 0 bridgehead atoms. The fraction of sp³-hybridized carbons (Fsp3) is 0.385. The summed E-state index contributed by atoms with van der Waals surface area (Å²) in [4.78, 5) is 0. The number of hydrogen-bond acceptors (Lipinski definition) is 1.